The van der Waals surface area contributed by atoms with Crippen LogP contribution >= 0.6 is 0 Å². The van der Waals surface area contributed by atoms with E-state index >= 15 is 0 Å². The molecule has 0 spiro atoms. The molecule has 6 nitrogen and oxygen atoms in total. The van der Waals surface area contributed by atoms with E-state index in [2.05, 4.69) is 15.5 Å². The quantitative estimate of drug-likeness (QED) is 0.371. The number of nitrogens with zero attached hydrogens (tertiary/aromatic N) is 2. The number of carbonyl (C=O) groups is 1. The maximum Gasteiger partial charge on any atom is 0.272 e. The Hall–Kier alpha value is -4.26. The number of aromatic nitrogens is 1. The standard InChI is InChI=1S/C25H18FN3O3/c1-15(17-8-11-23-24(12-17)32-14-31-23)28-29-25(30)20-13-22(16-6-9-18(26)10-7-16)27-21-5-3-2-4-19(20)21/h2-13H,14H2,1H3,(H,29,30)/b28-15+. The second-order valence-electron chi connectivity index (χ2n) is 7.29. The molecule has 1 N–H and O–H groups in total. The smallest absolute Gasteiger partial charge is 0.272 e. The first-order chi connectivity index (χ1) is 15.6. The monoisotopic (exact) mass is 427 g/mol. The number of hydrogen-bond donors (Lipinski definition) is 1. The highest BCUT2D eigenvalue weighted by molar-refractivity contribution is 6.08. The molecule has 158 valence electrons. The Balaban J connectivity index is 1.47. The minimum atomic E-state index is -0.368. The molecule has 0 radical (unpaired) electrons. The van der Waals surface area contributed by atoms with Gasteiger partial charge >= 0.3 is 0 Å². The number of halogens is 1. The Bertz CT molecular complexity index is 1370. The molecule has 5 rings (SSSR count). The van der Waals surface area contributed by atoms with E-state index in [4.69, 9.17) is 9.47 Å². The first-order valence-electron chi connectivity index (χ1n) is 9.99. The minimum Gasteiger partial charge on any atom is -0.454 e. The Morgan fingerprint density at radius 2 is 1.78 bits per heavy atom. The Labute approximate surface area is 183 Å². The number of nitrogens with one attached hydrogen (secondary N) is 1. The number of para-hydroxylation sites is 1. The van der Waals surface area contributed by atoms with Gasteiger partial charge in [-0.15, -0.1) is 0 Å². The van der Waals surface area contributed by atoms with Crippen LogP contribution in [0.5, 0.6) is 11.5 Å². The summed E-state index contributed by atoms with van der Waals surface area (Å²) < 4.78 is 24.1. The summed E-state index contributed by atoms with van der Waals surface area (Å²) in [5.74, 6) is 0.627. The molecule has 0 aliphatic carbocycles. The molecule has 4 aromatic rings. The van der Waals surface area contributed by atoms with E-state index in [1.54, 1.807) is 25.1 Å². The van der Waals surface area contributed by atoms with Gasteiger partial charge in [-0.05, 0) is 61.5 Å². The van der Waals surface area contributed by atoms with Crippen molar-refractivity contribution in [2.45, 2.75) is 6.92 Å². The van der Waals surface area contributed by atoms with Gasteiger partial charge in [0.2, 0.25) is 6.79 Å². The third-order valence-electron chi connectivity index (χ3n) is 5.22. The molecule has 2 heterocycles. The lowest BCUT2D eigenvalue weighted by Crippen LogP contribution is -2.20. The largest absolute Gasteiger partial charge is 0.454 e. The summed E-state index contributed by atoms with van der Waals surface area (Å²) in [5.41, 5.74) is 6.44. The molecule has 1 aromatic heterocycles. The van der Waals surface area contributed by atoms with E-state index in [-0.39, 0.29) is 18.5 Å². The highest BCUT2D eigenvalue weighted by Gasteiger charge is 2.16. The molecule has 0 fully saturated rings. The number of fused-ring (bicyclic) bond motifs is 2. The SMILES string of the molecule is C/C(=N\NC(=O)c1cc(-c2ccc(F)cc2)nc2ccccc12)c1ccc2c(c1)OCO2. The van der Waals surface area contributed by atoms with Gasteiger partial charge in [0.25, 0.3) is 5.91 Å². The summed E-state index contributed by atoms with van der Waals surface area (Å²) in [7, 11) is 0. The van der Waals surface area contributed by atoms with Crippen molar-refractivity contribution in [3.8, 4) is 22.8 Å². The summed E-state index contributed by atoms with van der Waals surface area (Å²) in [5, 5.41) is 4.97. The molecule has 7 heteroatoms. The first kappa shape index (κ1) is 19.7. The lowest BCUT2D eigenvalue weighted by molar-refractivity contribution is 0.0956. The Kier molecular flexibility index (Phi) is 4.99. The van der Waals surface area contributed by atoms with Crippen LogP contribution in [-0.4, -0.2) is 23.4 Å². The lowest BCUT2D eigenvalue weighted by atomic mass is 10.0. The molecule has 0 atom stereocenters. The van der Waals surface area contributed by atoms with Crippen LogP contribution in [0, 0.1) is 5.82 Å². The first-order valence-corrected chi connectivity index (χ1v) is 9.99. The van der Waals surface area contributed by atoms with Gasteiger partial charge in [-0.2, -0.15) is 5.10 Å². The molecule has 3 aromatic carbocycles. The van der Waals surface area contributed by atoms with E-state index < -0.39 is 0 Å². The van der Waals surface area contributed by atoms with E-state index in [0.717, 1.165) is 5.56 Å². The van der Waals surface area contributed by atoms with E-state index in [0.29, 0.717) is 44.9 Å². The van der Waals surface area contributed by atoms with Crippen molar-refractivity contribution in [2.75, 3.05) is 6.79 Å². The number of hydrazone groups is 1. The zero-order valence-electron chi connectivity index (χ0n) is 17.1. The van der Waals surface area contributed by atoms with Gasteiger partial charge in [0.15, 0.2) is 11.5 Å². The molecule has 1 aliphatic rings. The van der Waals surface area contributed by atoms with Crippen molar-refractivity contribution in [2.24, 2.45) is 5.10 Å². The third kappa shape index (κ3) is 3.76. The van der Waals surface area contributed by atoms with Gasteiger partial charge in [-0.3, -0.25) is 4.79 Å². The molecule has 0 saturated heterocycles. The summed E-state index contributed by atoms with van der Waals surface area (Å²) >= 11 is 0. The lowest BCUT2D eigenvalue weighted by Gasteiger charge is -2.10. The Morgan fingerprint density at radius 3 is 2.62 bits per heavy atom. The molecular weight excluding hydrogens is 409 g/mol. The zero-order valence-corrected chi connectivity index (χ0v) is 17.1. The normalized spacial score (nSPS) is 12.8. The van der Waals surface area contributed by atoms with Crippen LogP contribution < -0.4 is 14.9 Å². The van der Waals surface area contributed by atoms with Crippen LogP contribution in [0.2, 0.25) is 0 Å². The van der Waals surface area contributed by atoms with Gasteiger partial charge in [-0.25, -0.2) is 14.8 Å². The maximum atomic E-state index is 13.3. The molecular formula is C25H18FN3O3. The zero-order chi connectivity index (χ0) is 22.1. The average Bonchev–Trinajstić information content (AvgIpc) is 3.30. The number of carbonyl (C=O) groups excluding carboxylic acids is 1. The van der Waals surface area contributed by atoms with Gasteiger partial charge in [0.1, 0.15) is 5.82 Å². The number of hydrogen-bond acceptors (Lipinski definition) is 5. The Morgan fingerprint density at radius 1 is 1.00 bits per heavy atom. The van der Waals surface area contributed by atoms with Crippen molar-refractivity contribution in [3.05, 3.63) is 89.7 Å². The fourth-order valence-corrected chi connectivity index (χ4v) is 3.51. The van der Waals surface area contributed by atoms with Gasteiger partial charge in [0.05, 0.1) is 22.5 Å². The van der Waals surface area contributed by atoms with Crippen LogP contribution in [-0.2, 0) is 0 Å². The molecule has 0 unspecified atom stereocenters. The second-order valence-corrected chi connectivity index (χ2v) is 7.29. The van der Waals surface area contributed by atoms with Crippen molar-refractivity contribution in [3.63, 3.8) is 0 Å². The second kappa shape index (κ2) is 8.11. The summed E-state index contributed by atoms with van der Waals surface area (Å²) in [6.07, 6.45) is 0. The summed E-state index contributed by atoms with van der Waals surface area (Å²) in [4.78, 5) is 17.7. The van der Waals surface area contributed by atoms with Crippen molar-refractivity contribution in [1.29, 1.82) is 0 Å². The number of rotatable bonds is 4. The fraction of sp³-hybridized carbons (Fsp3) is 0.0800. The molecule has 1 aliphatic heterocycles. The number of benzene rings is 3. The number of amides is 1. The average molecular weight is 427 g/mol. The van der Waals surface area contributed by atoms with Crippen LogP contribution in [0.3, 0.4) is 0 Å². The van der Waals surface area contributed by atoms with Crippen LogP contribution in [0.1, 0.15) is 22.8 Å². The summed E-state index contributed by atoms with van der Waals surface area (Å²) in [6.45, 7) is 1.99. The van der Waals surface area contributed by atoms with Crippen molar-refractivity contribution < 1.29 is 18.7 Å². The number of pyridine rings is 1. The maximum absolute atomic E-state index is 13.3. The van der Waals surface area contributed by atoms with E-state index in [9.17, 15) is 9.18 Å². The predicted octanol–water partition coefficient (Wildman–Crippen LogP) is 4.92. The van der Waals surface area contributed by atoms with Crippen molar-refractivity contribution >= 4 is 22.5 Å². The van der Waals surface area contributed by atoms with E-state index in [1.165, 1.54) is 12.1 Å². The van der Waals surface area contributed by atoms with E-state index in [1.807, 2.05) is 42.5 Å². The third-order valence-corrected chi connectivity index (χ3v) is 5.22. The van der Waals surface area contributed by atoms with Gasteiger partial charge in [-0.1, -0.05) is 18.2 Å². The fourth-order valence-electron chi connectivity index (χ4n) is 3.51. The summed E-state index contributed by atoms with van der Waals surface area (Å²) in [6, 6.07) is 20.5. The minimum absolute atomic E-state index is 0.192. The molecule has 1 amide bonds. The highest BCUT2D eigenvalue weighted by atomic mass is 19.1. The van der Waals surface area contributed by atoms with Crippen LogP contribution in [0.15, 0.2) is 77.9 Å². The number of ether oxygens (including phenoxy) is 2. The van der Waals surface area contributed by atoms with Crippen LogP contribution in [0.25, 0.3) is 22.2 Å². The predicted molar refractivity (Wildman–Crippen MR) is 119 cm³/mol. The van der Waals surface area contributed by atoms with Gasteiger partial charge < -0.3 is 9.47 Å². The van der Waals surface area contributed by atoms with Gasteiger partial charge in [0, 0.05) is 16.5 Å². The molecule has 0 bridgehead atoms. The topological polar surface area (TPSA) is 72.8 Å². The highest BCUT2D eigenvalue weighted by Crippen LogP contribution is 2.32. The van der Waals surface area contributed by atoms with Crippen molar-refractivity contribution in [1.82, 2.24) is 10.4 Å². The van der Waals surface area contributed by atoms with Crippen LogP contribution in [0.4, 0.5) is 4.39 Å². The molecule has 0 saturated carbocycles. The molecule has 32 heavy (non-hydrogen) atoms.